The van der Waals surface area contributed by atoms with Crippen molar-refractivity contribution >= 4 is 5.91 Å². The van der Waals surface area contributed by atoms with E-state index in [4.69, 9.17) is 4.74 Å². The number of aromatic nitrogens is 2. The van der Waals surface area contributed by atoms with Gasteiger partial charge in [0.15, 0.2) is 0 Å². The Bertz CT molecular complexity index is 685. The average molecular weight is 316 g/mol. The van der Waals surface area contributed by atoms with Gasteiger partial charge in [0.25, 0.3) is 11.5 Å². The van der Waals surface area contributed by atoms with E-state index in [0.717, 1.165) is 0 Å². The minimum atomic E-state index is -0.432. The van der Waals surface area contributed by atoms with Gasteiger partial charge in [0, 0.05) is 32.9 Å². The molecule has 0 bridgehead atoms. The van der Waals surface area contributed by atoms with Crippen LogP contribution in [0.4, 0.5) is 0 Å². The van der Waals surface area contributed by atoms with Crippen molar-refractivity contribution in [3.63, 3.8) is 0 Å². The lowest BCUT2D eigenvalue weighted by molar-refractivity contribution is 0.0952. The zero-order valence-corrected chi connectivity index (χ0v) is 13.0. The third kappa shape index (κ3) is 5.01. The van der Waals surface area contributed by atoms with E-state index in [0.29, 0.717) is 37.6 Å². The summed E-state index contributed by atoms with van der Waals surface area (Å²) in [5, 5.41) is 5.80. The Hall–Kier alpha value is -2.51. The first-order chi connectivity index (χ1) is 11.2. The summed E-state index contributed by atoms with van der Waals surface area (Å²) in [6.07, 6.45) is 1.64. The lowest BCUT2D eigenvalue weighted by atomic mass is 10.2. The van der Waals surface area contributed by atoms with E-state index in [-0.39, 0.29) is 5.56 Å². The largest absolute Gasteiger partial charge is 0.383 e. The quantitative estimate of drug-likeness (QED) is 0.613. The first kappa shape index (κ1) is 16.9. The summed E-state index contributed by atoms with van der Waals surface area (Å²) in [4.78, 5) is 30.9. The number of rotatable bonds is 8. The Kier molecular flexibility index (Phi) is 6.46. The van der Waals surface area contributed by atoms with Crippen molar-refractivity contribution in [3.8, 4) is 11.4 Å². The summed E-state index contributed by atoms with van der Waals surface area (Å²) in [6.45, 7) is 2.37. The van der Waals surface area contributed by atoms with Crippen LogP contribution in [0.2, 0.25) is 0 Å². The predicted molar refractivity (Wildman–Crippen MR) is 87.4 cm³/mol. The molecule has 23 heavy (non-hydrogen) atoms. The Morgan fingerprint density at radius 1 is 1.22 bits per heavy atom. The highest BCUT2D eigenvalue weighted by molar-refractivity contribution is 5.94. The smallest absolute Gasteiger partial charge is 0.261 e. The summed E-state index contributed by atoms with van der Waals surface area (Å²) in [7, 11) is 1.63. The first-order valence-electron chi connectivity index (χ1n) is 7.35. The monoisotopic (exact) mass is 316 g/mol. The second kappa shape index (κ2) is 8.82. The third-order valence-corrected chi connectivity index (χ3v) is 3.17. The summed E-state index contributed by atoms with van der Waals surface area (Å²) < 4.78 is 4.90. The average Bonchev–Trinajstić information content (AvgIpc) is 2.58. The number of hydrogen-bond acceptors (Lipinski definition) is 5. The minimum absolute atomic E-state index is 0.0848. The van der Waals surface area contributed by atoms with Crippen molar-refractivity contribution in [2.24, 2.45) is 0 Å². The molecule has 2 aromatic rings. The van der Waals surface area contributed by atoms with Crippen LogP contribution in [0.25, 0.3) is 11.4 Å². The number of methoxy groups -OCH3 is 1. The van der Waals surface area contributed by atoms with Gasteiger partial charge in [-0.15, -0.1) is 0 Å². The number of nitrogens with zero attached hydrogens (tertiary/aromatic N) is 1. The van der Waals surface area contributed by atoms with Crippen LogP contribution < -0.4 is 16.2 Å². The van der Waals surface area contributed by atoms with Crippen molar-refractivity contribution in [3.05, 3.63) is 52.4 Å². The molecule has 2 aromatic heterocycles. The summed E-state index contributed by atoms with van der Waals surface area (Å²) in [6, 6.07) is 8.60. The Morgan fingerprint density at radius 2 is 2.09 bits per heavy atom. The number of pyridine rings is 2. The number of amides is 1. The van der Waals surface area contributed by atoms with Crippen LogP contribution in [-0.2, 0) is 4.74 Å². The van der Waals surface area contributed by atoms with E-state index < -0.39 is 11.5 Å². The standard InChI is InChI=1S/C16H20N4O3/c1-23-11-10-17-8-9-19-15(21)12-5-6-14(20-16(12)22)13-4-2-3-7-18-13/h2-7,17H,8-11H2,1H3,(H,19,21)(H,20,22). The molecule has 0 aliphatic rings. The fraction of sp³-hybridized carbons (Fsp3) is 0.312. The van der Waals surface area contributed by atoms with Gasteiger partial charge < -0.3 is 20.4 Å². The SMILES string of the molecule is COCCNCCNC(=O)c1ccc(-c2ccccn2)[nH]c1=O. The molecule has 0 aliphatic carbocycles. The molecule has 0 aromatic carbocycles. The van der Waals surface area contributed by atoms with Crippen LogP contribution >= 0.6 is 0 Å². The van der Waals surface area contributed by atoms with E-state index in [9.17, 15) is 9.59 Å². The van der Waals surface area contributed by atoms with Crippen LogP contribution in [-0.4, -0.2) is 49.2 Å². The molecular formula is C16H20N4O3. The molecule has 0 fully saturated rings. The van der Waals surface area contributed by atoms with Crippen LogP contribution in [0.1, 0.15) is 10.4 Å². The molecular weight excluding hydrogens is 296 g/mol. The summed E-state index contributed by atoms with van der Waals surface area (Å²) in [5.74, 6) is -0.396. The zero-order valence-electron chi connectivity index (χ0n) is 13.0. The highest BCUT2D eigenvalue weighted by atomic mass is 16.5. The Morgan fingerprint density at radius 3 is 2.78 bits per heavy atom. The van der Waals surface area contributed by atoms with Crippen LogP contribution in [0.5, 0.6) is 0 Å². The summed E-state index contributed by atoms with van der Waals surface area (Å²) >= 11 is 0. The van der Waals surface area contributed by atoms with Crippen molar-refractivity contribution in [2.45, 2.75) is 0 Å². The van der Waals surface area contributed by atoms with Crippen LogP contribution in [0.15, 0.2) is 41.3 Å². The van der Waals surface area contributed by atoms with Gasteiger partial charge in [-0.2, -0.15) is 0 Å². The maximum Gasteiger partial charge on any atom is 0.261 e. The molecule has 122 valence electrons. The molecule has 7 nitrogen and oxygen atoms in total. The molecule has 0 atom stereocenters. The molecule has 0 saturated heterocycles. The minimum Gasteiger partial charge on any atom is -0.383 e. The number of aromatic amines is 1. The maximum atomic E-state index is 12.1. The van der Waals surface area contributed by atoms with Crippen LogP contribution in [0, 0.1) is 0 Å². The van der Waals surface area contributed by atoms with Gasteiger partial charge in [-0.05, 0) is 24.3 Å². The van der Waals surface area contributed by atoms with E-state index in [1.807, 2.05) is 6.07 Å². The topological polar surface area (TPSA) is 96.1 Å². The zero-order chi connectivity index (χ0) is 16.5. The van der Waals surface area contributed by atoms with Crippen molar-refractivity contribution in [1.82, 2.24) is 20.6 Å². The highest BCUT2D eigenvalue weighted by Crippen LogP contribution is 2.11. The fourth-order valence-electron chi connectivity index (χ4n) is 1.98. The highest BCUT2D eigenvalue weighted by Gasteiger charge is 2.11. The normalized spacial score (nSPS) is 10.5. The second-order valence-electron chi connectivity index (χ2n) is 4.83. The first-order valence-corrected chi connectivity index (χ1v) is 7.35. The van der Waals surface area contributed by atoms with Gasteiger partial charge in [0.1, 0.15) is 5.56 Å². The summed E-state index contributed by atoms with van der Waals surface area (Å²) in [5.41, 5.74) is 0.881. The van der Waals surface area contributed by atoms with Gasteiger partial charge in [-0.1, -0.05) is 6.07 Å². The van der Waals surface area contributed by atoms with Gasteiger partial charge in [0.05, 0.1) is 18.0 Å². The molecule has 0 aliphatic heterocycles. The fourth-order valence-corrected chi connectivity index (χ4v) is 1.98. The number of ether oxygens (including phenoxy) is 1. The molecule has 2 heterocycles. The van der Waals surface area contributed by atoms with Gasteiger partial charge in [0.2, 0.25) is 0 Å². The van der Waals surface area contributed by atoms with E-state index in [1.54, 1.807) is 31.5 Å². The number of H-pyrrole nitrogens is 1. The predicted octanol–water partition coefficient (Wildman–Crippen LogP) is 0.403. The van der Waals surface area contributed by atoms with Crippen molar-refractivity contribution in [1.29, 1.82) is 0 Å². The molecule has 1 amide bonds. The molecule has 0 spiro atoms. The number of hydrogen-bond donors (Lipinski definition) is 3. The number of nitrogens with one attached hydrogen (secondary N) is 3. The Labute approximate surface area is 134 Å². The number of carbonyl (C=O) groups excluding carboxylic acids is 1. The lowest BCUT2D eigenvalue weighted by Gasteiger charge is -2.07. The van der Waals surface area contributed by atoms with Gasteiger partial charge >= 0.3 is 0 Å². The molecule has 0 radical (unpaired) electrons. The third-order valence-electron chi connectivity index (χ3n) is 3.17. The number of carbonyl (C=O) groups is 1. The van der Waals surface area contributed by atoms with Gasteiger partial charge in [-0.25, -0.2) is 0 Å². The van der Waals surface area contributed by atoms with E-state index in [2.05, 4.69) is 20.6 Å². The maximum absolute atomic E-state index is 12.1. The van der Waals surface area contributed by atoms with Crippen molar-refractivity contribution < 1.29 is 9.53 Å². The van der Waals surface area contributed by atoms with Crippen molar-refractivity contribution in [2.75, 3.05) is 33.4 Å². The van der Waals surface area contributed by atoms with Crippen LogP contribution in [0.3, 0.4) is 0 Å². The molecule has 2 rings (SSSR count). The lowest BCUT2D eigenvalue weighted by Crippen LogP contribution is -2.35. The Balaban J connectivity index is 1.93. The van der Waals surface area contributed by atoms with E-state index in [1.165, 1.54) is 6.07 Å². The molecule has 0 unspecified atom stereocenters. The second-order valence-corrected chi connectivity index (χ2v) is 4.83. The molecule has 0 saturated carbocycles. The molecule has 7 heteroatoms. The van der Waals surface area contributed by atoms with E-state index >= 15 is 0 Å². The molecule has 3 N–H and O–H groups in total. The van der Waals surface area contributed by atoms with Gasteiger partial charge in [-0.3, -0.25) is 14.6 Å².